The Kier molecular flexibility index (Phi) is 37.9. The molecule has 49 heavy (non-hydrogen) atoms. The van der Waals surface area contributed by atoms with Crippen molar-refractivity contribution in [3.63, 3.8) is 0 Å². The van der Waals surface area contributed by atoms with E-state index in [2.05, 4.69) is 20.8 Å². The van der Waals surface area contributed by atoms with Crippen molar-refractivity contribution in [2.75, 3.05) is 13.2 Å². The van der Waals surface area contributed by atoms with E-state index in [4.69, 9.17) is 14.2 Å². The number of ether oxygens (including phenoxy) is 3. The van der Waals surface area contributed by atoms with Crippen LogP contribution < -0.4 is 0 Å². The van der Waals surface area contributed by atoms with Crippen molar-refractivity contribution in [2.45, 2.75) is 245 Å². The Morgan fingerprint density at radius 3 is 0.816 bits per heavy atom. The first-order valence-corrected chi connectivity index (χ1v) is 21.5. The lowest BCUT2D eigenvalue weighted by Gasteiger charge is -2.18. The molecule has 0 aliphatic heterocycles. The van der Waals surface area contributed by atoms with E-state index >= 15 is 0 Å². The minimum Gasteiger partial charge on any atom is -0.462 e. The third-order valence-electron chi connectivity index (χ3n) is 9.61. The van der Waals surface area contributed by atoms with Gasteiger partial charge in [0.2, 0.25) is 0 Å². The number of unbranched alkanes of at least 4 members (excludes halogenated alkanes) is 28. The SMILES string of the molecule is CCCCCCCCCCCCCCCCC(=O)OC[C@@H](COC(=O)CCCCCCCCCCCC)OC(=O)CCCCCCCCC. The maximum Gasteiger partial charge on any atom is 0.306 e. The van der Waals surface area contributed by atoms with Crippen molar-refractivity contribution in [2.24, 2.45) is 0 Å². The van der Waals surface area contributed by atoms with Crippen LogP contribution in [0.4, 0.5) is 0 Å². The maximum atomic E-state index is 12.6. The van der Waals surface area contributed by atoms with E-state index in [0.29, 0.717) is 19.3 Å². The predicted molar refractivity (Wildman–Crippen MR) is 206 cm³/mol. The molecule has 0 radical (unpaired) electrons. The second-order valence-electron chi connectivity index (χ2n) is 14.6. The van der Waals surface area contributed by atoms with Gasteiger partial charge in [-0.05, 0) is 19.3 Å². The zero-order valence-electron chi connectivity index (χ0n) is 33.0. The Bertz CT molecular complexity index is 723. The molecular weight excluding hydrogens is 612 g/mol. The molecule has 0 N–H and O–H groups in total. The number of hydrogen-bond donors (Lipinski definition) is 0. The quantitative estimate of drug-likeness (QED) is 0.0362. The molecule has 0 aromatic rings. The second kappa shape index (κ2) is 39.2. The molecule has 0 bridgehead atoms. The predicted octanol–water partition coefficient (Wildman–Crippen LogP) is 13.3. The summed E-state index contributed by atoms with van der Waals surface area (Å²) in [7, 11) is 0. The van der Waals surface area contributed by atoms with Crippen molar-refractivity contribution < 1.29 is 28.6 Å². The van der Waals surface area contributed by atoms with Crippen LogP contribution in [0.15, 0.2) is 0 Å². The first-order valence-electron chi connectivity index (χ1n) is 21.5. The summed E-state index contributed by atoms with van der Waals surface area (Å²) in [6, 6.07) is 0. The molecular formula is C43H82O6. The van der Waals surface area contributed by atoms with E-state index in [1.54, 1.807) is 0 Å². The van der Waals surface area contributed by atoms with E-state index in [9.17, 15) is 14.4 Å². The van der Waals surface area contributed by atoms with Crippen LogP contribution in [0.25, 0.3) is 0 Å². The van der Waals surface area contributed by atoms with Crippen LogP contribution >= 0.6 is 0 Å². The monoisotopic (exact) mass is 695 g/mol. The molecule has 0 fully saturated rings. The van der Waals surface area contributed by atoms with Crippen molar-refractivity contribution in [3.8, 4) is 0 Å². The summed E-state index contributed by atoms with van der Waals surface area (Å²) in [5.41, 5.74) is 0. The fourth-order valence-electron chi connectivity index (χ4n) is 6.32. The van der Waals surface area contributed by atoms with Crippen LogP contribution in [-0.4, -0.2) is 37.2 Å². The number of hydrogen-bond acceptors (Lipinski definition) is 6. The highest BCUT2D eigenvalue weighted by atomic mass is 16.6. The van der Waals surface area contributed by atoms with Gasteiger partial charge in [-0.1, -0.05) is 201 Å². The molecule has 6 heteroatoms. The van der Waals surface area contributed by atoms with E-state index in [-0.39, 0.29) is 31.1 Å². The molecule has 290 valence electrons. The van der Waals surface area contributed by atoms with Gasteiger partial charge in [-0.3, -0.25) is 14.4 Å². The van der Waals surface area contributed by atoms with Crippen LogP contribution in [0.1, 0.15) is 239 Å². The number of esters is 3. The van der Waals surface area contributed by atoms with Gasteiger partial charge in [0.25, 0.3) is 0 Å². The van der Waals surface area contributed by atoms with Gasteiger partial charge in [0.1, 0.15) is 13.2 Å². The molecule has 1 atom stereocenters. The topological polar surface area (TPSA) is 78.9 Å². The van der Waals surface area contributed by atoms with E-state index < -0.39 is 6.10 Å². The average Bonchev–Trinajstić information content (AvgIpc) is 3.10. The highest BCUT2D eigenvalue weighted by molar-refractivity contribution is 5.71. The molecule has 0 rings (SSSR count). The van der Waals surface area contributed by atoms with Gasteiger partial charge in [0.15, 0.2) is 6.10 Å². The van der Waals surface area contributed by atoms with E-state index in [1.165, 1.54) is 141 Å². The lowest BCUT2D eigenvalue weighted by atomic mass is 10.0. The standard InChI is InChI=1S/C43H82O6/c1-4-7-10-13-16-18-20-21-22-23-25-28-30-33-36-42(45)48-39-40(49-43(46)37-34-31-26-15-12-9-6-3)38-47-41(44)35-32-29-27-24-19-17-14-11-8-5-2/h40H,4-39H2,1-3H3/t40-/m1/s1. The fourth-order valence-corrected chi connectivity index (χ4v) is 6.32. The van der Waals surface area contributed by atoms with Crippen molar-refractivity contribution in [1.29, 1.82) is 0 Å². The summed E-state index contributed by atoms with van der Waals surface area (Å²) in [6.07, 6.45) is 38.1. The normalized spacial score (nSPS) is 11.8. The number of rotatable bonds is 39. The summed E-state index contributed by atoms with van der Waals surface area (Å²) in [5, 5.41) is 0. The van der Waals surface area contributed by atoms with Crippen LogP contribution in [0.2, 0.25) is 0 Å². The molecule has 0 heterocycles. The van der Waals surface area contributed by atoms with Gasteiger partial charge in [0, 0.05) is 19.3 Å². The molecule has 0 aromatic heterocycles. The van der Waals surface area contributed by atoms with E-state index in [0.717, 1.165) is 57.8 Å². The summed E-state index contributed by atoms with van der Waals surface area (Å²) in [6.45, 7) is 6.59. The fraction of sp³-hybridized carbons (Fsp3) is 0.930. The minimum absolute atomic E-state index is 0.0638. The largest absolute Gasteiger partial charge is 0.462 e. The zero-order valence-corrected chi connectivity index (χ0v) is 33.0. The van der Waals surface area contributed by atoms with Gasteiger partial charge in [-0.25, -0.2) is 0 Å². The Balaban J connectivity index is 4.24. The summed E-state index contributed by atoms with van der Waals surface area (Å²) in [4.78, 5) is 37.4. The lowest BCUT2D eigenvalue weighted by Crippen LogP contribution is -2.30. The molecule has 0 saturated carbocycles. The van der Waals surface area contributed by atoms with E-state index in [1.807, 2.05) is 0 Å². The molecule has 0 saturated heterocycles. The van der Waals surface area contributed by atoms with Gasteiger partial charge >= 0.3 is 17.9 Å². The van der Waals surface area contributed by atoms with Gasteiger partial charge in [0.05, 0.1) is 0 Å². The number of carbonyl (C=O) groups excluding carboxylic acids is 3. The van der Waals surface area contributed by atoms with Crippen LogP contribution in [0.5, 0.6) is 0 Å². The minimum atomic E-state index is -0.756. The molecule has 6 nitrogen and oxygen atoms in total. The third-order valence-corrected chi connectivity index (χ3v) is 9.61. The molecule has 0 aliphatic carbocycles. The summed E-state index contributed by atoms with van der Waals surface area (Å²) >= 11 is 0. The summed E-state index contributed by atoms with van der Waals surface area (Å²) in [5.74, 6) is -0.863. The average molecular weight is 695 g/mol. The Morgan fingerprint density at radius 1 is 0.327 bits per heavy atom. The molecule has 0 unspecified atom stereocenters. The zero-order chi connectivity index (χ0) is 35.9. The third kappa shape index (κ3) is 37.5. The van der Waals surface area contributed by atoms with Crippen LogP contribution in [0, 0.1) is 0 Å². The van der Waals surface area contributed by atoms with Gasteiger partial charge in [-0.15, -0.1) is 0 Å². The lowest BCUT2D eigenvalue weighted by molar-refractivity contribution is -0.167. The molecule has 0 amide bonds. The first kappa shape index (κ1) is 47.4. The van der Waals surface area contributed by atoms with Crippen LogP contribution in [-0.2, 0) is 28.6 Å². The van der Waals surface area contributed by atoms with Crippen molar-refractivity contribution in [1.82, 2.24) is 0 Å². The Labute approximate surface area is 304 Å². The van der Waals surface area contributed by atoms with Gasteiger partial charge < -0.3 is 14.2 Å². The second-order valence-corrected chi connectivity index (χ2v) is 14.6. The van der Waals surface area contributed by atoms with Gasteiger partial charge in [-0.2, -0.15) is 0 Å². The first-order chi connectivity index (χ1) is 24.0. The summed E-state index contributed by atoms with van der Waals surface area (Å²) < 4.78 is 16.6. The number of carbonyl (C=O) groups is 3. The highest BCUT2D eigenvalue weighted by Crippen LogP contribution is 2.15. The molecule has 0 aromatic carbocycles. The maximum absolute atomic E-state index is 12.6. The molecule has 0 spiro atoms. The molecule has 0 aliphatic rings. The van der Waals surface area contributed by atoms with Crippen molar-refractivity contribution >= 4 is 17.9 Å². The van der Waals surface area contributed by atoms with Crippen LogP contribution in [0.3, 0.4) is 0 Å². The highest BCUT2D eigenvalue weighted by Gasteiger charge is 2.19. The Hall–Kier alpha value is -1.59. The Morgan fingerprint density at radius 2 is 0.551 bits per heavy atom. The smallest absolute Gasteiger partial charge is 0.306 e. The van der Waals surface area contributed by atoms with Crippen molar-refractivity contribution in [3.05, 3.63) is 0 Å².